The molecule has 0 spiro atoms. The van der Waals surface area contributed by atoms with Gasteiger partial charge in [0.2, 0.25) is 0 Å². The summed E-state index contributed by atoms with van der Waals surface area (Å²) < 4.78 is 17.5. The number of aromatic nitrogens is 2. The summed E-state index contributed by atoms with van der Waals surface area (Å²) in [5.74, 6) is 5.31. The van der Waals surface area contributed by atoms with Crippen molar-refractivity contribution >= 4 is 26.9 Å². The van der Waals surface area contributed by atoms with Crippen molar-refractivity contribution in [1.82, 2.24) is 9.97 Å². The van der Waals surface area contributed by atoms with Crippen molar-refractivity contribution in [2.75, 3.05) is 43.2 Å². The molecule has 1 aromatic heterocycles. The first kappa shape index (κ1) is 18.7. The van der Waals surface area contributed by atoms with Gasteiger partial charge in [-0.15, -0.1) is 0 Å². The normalized spacial score (nSPS) is 17.7. The fourth-order valence-corrected chi connectivity index (χ4v) is 3.23. The highest BCUT2D eigenvalue weighted by atomic mass is 32.2. The van der Waals surface area contributed by atoms with E-state index in [1.807, 2.05) is 44.2 Å². The Hall–Kier alpha value is -2.12. The molecule has 0 radical (unpaired) electrons. The van der Waals surface area contributed by atoms with Crippen LogP contribution in [0, 0.1) is 0 Å². The summed E-state index contributed by atoms with van der Waals surface area (Å²) in [6.45, 7) is 6.70. The van der Waals surface area contributed by atoms with Crippen molar-refractivity contribution < 1.29 is 8.95 Å². The van der Waals surface area contributed by atoms with Gasteiger partial charge in [0.25, 0.3) is 0 Å². The summed E-state index contributed by atoms with van der Waals surface area (Å²) >= 11 is 0. The molecule has 1 saturated heterocycles. The lowest BCUT2D eigenvalue weighted by Gasteiger charge is -2.31. The number of nitrogens with zero attached hydrogens (tertiary/aromatic N) is 3. The van der Waals surface area contributed by atoms with Gasteiger partial charge < -0.3 is 15.4 Å². The molecule has 26 heavy (non-hydrogen) atoms. The number of ether oxygens (including phenoxy) is 1. The molecule has 2 N–H and O–H groups in total. The minimum absolute atomic E-state index is 0.598. The first-order valence-corrected chi connectivity index (χ1v) is 10.7. The topological polar surface area (TPSA) is 81.3 Å². The van der Waals surface area contributed by atoms with Gasteiger partial charge in [-0.2, -0.15) is 0 Å². The highest BCUT2D eigenvalue weighted by molar-refractivity contribution is 8.00. The third-order valence-electron chi connectivity index (χ3n) is 4.91. The molecule has 1 aromatic carbocycles. The van der Waals surface area contributed by atoms with E-state index >= 15 is 0 Å². The van der Waals surface area contributed by atoms with Crippen molar-refractivity contribution in [1.29, 1.82) is 0 Å². The average molecular weight is 375 g/mol. The van der Waals surface area contributed by atoms with Gasteiger partial charge in [0.15, 0.2) is 5.82 Å². The van der Waals surface area contributed by atoms with Gasteiger partial charge in [0.05, 0.1) is 23.7 Å². The highest BCUT2D eigenvalue weighted by Gasteiger charge is 2.31. The zero-order valence-corrected chi connectivity index (χ0v) is 16.4. The molecular weight excluding hydrogens is 348 g/mol. The van der Waals surface area contributed by atoms with Gasteiger partial charge in [0, 0.05) is 36.7 Å². The predicted octanol–water partition coefficient (Wildman–Crippen LogP) is 2.14. The van der Waals surface area contributed by atoms with Crippen LogP contribution in [0.25, 0.3) is 11.4 Å². The van der Waals surface area contributed by atoms with E-state index in [9.17, 15) is 4.21 Å². The zero-order chi connectivity index (χ0) is 18.9. The lowest BCUT2D eigenvalue weighted by molar-refractivity contribution is 0.122. The van der Waals surface area contributed by atoms with E-state index in [1.54, 1.807) is 6.26 Å². The van der Waals surface area contributed by atoms with Gasteiger partial charge >= 0.3 is 0 Å². The Bertz CT molecular complexity index is 886. The van der Waals surface area contributed by atoms with Gasteiger partial charge in [-0.25, -0.2) is 9.97 Å². The summed E-state index contributed by atoms with van der Waals surface area (Å²) in [4.78, 5) is 11.7. The molecule has 1 aliphatic rings. The van der Waals surface area contributed by atoms with Gasteiger partial charge in [-0.05, 0) is 53.5 Å². The molecule has 1 unspecified atom stereocenters. The van der Waals surface area contributed by atoms with E-state index in [4.69, 9.17) is 20.4 Å². The number of hydrogen-bond donors (Lipinski definition) is 1. The van der Waals surface area contributed by atoms with Crippen molar-refractivity contribution in [3.63, 3.8) is 0 Å². The Kier molecular flexibility index (Phi) is 4.94. The molecule has 1 fully saturated rings. The van der Waals surface area contributed by atoms with Crippen molar-refractivity contribution in [2.24, 2.45) is 0 Å². The highest BCUT2D eigenvalue weighted by Crippen LogP contribution is 2.32. The minimum Gasteiger partial charge on any atom is -0.399 e. The van der Waals surface area contributed by atoms with Crippen molar-refractivity contribution in [2.45, 2.75) is 18.6 Å². The Labute approximate surface area is 155 Å². The Balaban J connectivity index is 2.14. The molecule has 0 saturated carbocycles. The Morgan fingerprint density at radius 2 is 1.81 bits per heavy atom. The van der Waals surface area contributed by atoms with Crippen LogP contribution in [0.1, 0.15) is 19.5 Å². The smallest absolute Gasteiger partial charge is 0.161 e. The Morgan fingerprint density at radius 1 is 1.19 bits per heavy atom. The van der Waals surface area contributed by atoms with Crippen LogP contribution in [0.15, 0.2) is 30.3 Å². The van der Waals surface area contributed by atoms with Crippen LogP contribution < -0.4 is 10.6 Å². The summed E-state index contributed by atoms with van der Waals surface area (Å²) in [6.07, 6.45) is 1.67. The lowest BCUT2D eigenvalue weighted by atomic mass is 10.1. The van der Waals surface area contributed by atoms with Crippen LogP contribution in [0.3, 0.4) is 0 Å². The maximum absolute atomic E-state index is 12.8. The van der Waals surface area contributed by atoms with Crippen LogP contribution in [0.4, 0.5) is 11.5 Å². The number of anilines is 2. The van der Waals surface area contributed by atoms with E-state index in [0.717, 1.165) is 30.2 Å². The number of rotatable bonds is 4. The standard InChI is InChI=1S/C19H26N4O2S/c1-19(2,26(3,4)24)16-13-17(23-9-11-25-12-10-23)22-18(21-16)14-5-7-15(20)8-6-14/h5-8,13H,3,9-12,20H2,1-2,4H3. The molecule has 1 atom stereocenters. The van der Waals surface area contributed by atoms with Gasteiger partial charge in [-0.1, -0.05) is 0 Å². The first-order chi connectivity index (χ1) is 12.2. The van der Waals surface area contributed by atoms with Crippen molar-refractivity contribution in [3.8, 4) is 11.4 Å². The molecule has 0 amide bonds. The first-order valence-electron chi connectivity index (χ1n) is 8.58. The summed E-state index contributed by atoms with van der Waals surface area (Å²) in [5, 5.41) is 0. The molecule has 1 aliphatic heterocycles. The van der Waals surface area contributed by atoms with E-state index in [1.165, 1.54) is 0 Å². The number of nitrogen functional groups attached to an aromatic ring is 1. The number of benzene rings is 1. The fourth-order valence-electron chi connectivity index (χ4n) is 2.68. The fraction of sp³-hybridized carbons (Fsp3) is 0.421. The third kappa shape index (κ3) is 3.68. The largest absolute Gasteiger partial charge is 0.399 e. The number of morpholine rings is 1. The average Bonchev–Trinajstić information content (AvgIpc) is 2.62. The molecule has 2 aromatic rings. The number of hydrogen-bond acceptors (Lipinski definition) is 6. The van der Waals surface area contributed by atoms with Crippen LogP contribution in [0.5, 0.6) is 0 Å². The quantitative estimate of drug-likeness (QED) is 0.652. The Morgan fingerprint density at radius 3 is 2.38 bits per heavy atom. The second-order valence-corrected chi connectivity index (χ2v) is 10.2. The van der Waals surface area contributed by atoms with Gasteiger partial charge in [-0.3, -0.25) is 4.21 Å². The van der Waals surface area contributed by atoms with Gasteiger partial charge in [0.1, 0.15) is 5.82 Å². The SMILES string of the molecule is C=S(C)(=O)C(C)(C)c1cc(N2CCOCC2)nc(-c2ccc(N)cc2)n1. The minimum atomic E-state index is -2.36. The summed E-state index contributed by atoms with van der Waals surface area (Å²) in [6, 6.07) is 9.39. The molecule has 0 bridgehead atoms. The van der Waals surface area contributed by atoms with E-state index in [0.29, 0.717) is 24.7 Å². The molecule has 3 rings (SSSR count). The maximum atomic E-state index is 12.8. The molecular formula is C19H26N4O2S. The second-order valence-electron chi connectivity index (χ2n) is 7.17. The lowest BCUT2D eigenvalue weighted by Crippen LogP contribution is -2.37. The van der Waals surface area contributed by atoms with Crippen LogP contribution >= 0.6 is 0 Å². The van der Waals surface area contributed by atoms with Crippen LogP contribution in [-0.2, 0) is 19.0 Å². The molecule has 140 valence electrons. The second kappa shape index (κ2) is 6.89. The number of nitrogens with two attached hydrogens (primary N) is 1. The molecule has 2 heterocycles. The summed E-state index contributed by atoms with van der Waals surface area (Å²) in [5.41, 5.74) is 8.09. The van der Waals surface area contributed by atoms with E-state index < -0.39 is 14.3 Å². The van der Waals surface area contributed by atoms with Crippen LogP contribution in [-0.4, -0.2) is 52.6 Å². The molecule has 0 aliphatic carbocycles. The monoisotopic (exact) mass is 374 g/mol. The van der Waals surface area contributed by atoms with E-state index in [2.05, 4.69) is 10.8 Å². The summed E-state index contributed by atoms with van der Waals surface area (Å²) in [7, 11) is -2.36. The predicted molar refractivity (Wildman–Crippen MR) is 109 cm³/mol. The molecule has 6 nitrogen and oxygen atoms in total. The van der Waals surface area contributed by atoms with E-state index in [-0.39, 0.29) is 0 Å². The third-order valence-corrected chi connectivity index (χ3v) is 7.28. The zero-order valence-electron chi connectivity index (χ0n) is 15.6. The van der Waals surface area contributed by atoms with Crippen LogP contribution in [0.2, 0.25) is 0 Å². The molecule has 7 heteroatoms. The van der Waals surface area contributed by atoms with Crippen molar-refractivity contribution in [3.05, 3.63) is 36.0 Å². The maximum Gasteiger partial charge on any atom is 0.161 e.